The summed E-state index contributed by atoms with van der Waals surface area (Å²) in [5.41, 5.74) is 0.688. The summed E-state index contributed by atoms with van der Waals surface area (Å²) in [4.78, 5) is 17.1. The molecule has 0 radical (unpaired) electrons. The van der Waals surface area contributed by atoms with Gasteiger partial charge >= 0.3 is 0 Å². The molecule has 0 fully saturated rings. The summed E-state index contributed by atoms with van der Waals surface area (Å²) in [6.07, 6.45) is 0. The number of nitrogens with zero attached hydrogens (tertiary/aromatic N) is 1. The molecular weight excluding hydrogens is 488 g/mol. The van der Waals surface area contributed by atoms with E-state index in [2.05, 4.69) is 15.0 Å². The molecule has 0 unspecified atom stereocenters. The summed E-state index contributed by atoms with van der Waals surface area (Å²) in [5, 5.41) is 4.36. The molecule has 0 saturated heterocycles. The van der Waals surface area contributed by atoms with Gasteiger partial charge in [0.05, 0.1) is 10.6 Å². The van der Waals surface area contributed by atoms with Gasteiger partial charge in [-0.3, -0.25) is 4.79 Å². The molecule has 1 atom stereocenters. The van der Waals surface area contributed by atoms with Crippen LogP contribution in [0.2, 0.25) is 0 Å². The van der Waals surface area contributed by atoms with Crippen molar-refractivity contribution in [3.8, 4) is 22.8 Å². The Morgan fingerprint density at radius 3 is 2.50 bits per heavy atom. The van der Waals surface area contributed by atoms with E-state index in [9.17, 15) is 22.0 Å². The monoisotopic (exact) mass is 509 g/mol. The van der Waals surface area contributed by atoms with E-state index < -0.39 is 39.5 Å². The summed E-state index contributed by atoms with van der Waals surface area (Å²) in [6.45, 7) is 4.08. The minimum absolute atomic E-state index is 0.0647. The molecule has 2 heterocycles. The first-order valence-electron chi connectivity index (χ1n) is 10.3. The van der Waals surface area contributed by atoms with Crippen molar-refractivity contribution in [2.45, 2.75) is 24.8 Å². The highest BCUT2D eigenvalue weighted by Gasteiger charge is 2.30. The molecule has 180 valence electrons. The third-order valence-corrected chi connectivity index (χ3v) is 7.20. The third-order valence-electron chi connectivity index (χ3n) is 5.00. The van der Waals surface area contributed by atoms with Gasteiger partial charge in [0.25, 0.3) is 0 Å². The molecule has 4 rings (SSSR count). The summed E-state index contributed by atoms with van der Waals surface area (Å²) in [7, 11) is -4.06. The van der Waals surface area contributed by atoms with Crippen LogP contribution in [0, 0.1) is 17.6 Å². The second-order valence-corrected chi connectivity index (χ2v) is 10.4. The van der Waals surface area contributed by atoms with Crippen molar-refractivity contribution in [1.82, 2.24) is 9.71 Å². The van der Waals surface area contributed by atoms with Crippen LogP contribution in [-0.2, 0) is 14.8 Å². The van der Waals surface area contributed by atoms with Crippen molar-refractivity contribution in [3.05, 3.63) is 53.4 Å². The van der Waals surface area contributed by atoms with Crippen LogP contribution in [0.1, 0.15) is 13.8 Å². The number of carbonyl (C=O) groups excluding carboxylic acids is 1. The fourth-order valence-electron chi connectivity index (χ4n) is 3.22. The van der Waals surface area contributed by atoms with E-state index in [1.54, 1.807) is 19.2 Å². The quantitative estimate of drug-likeness (QED) is 0.502. The molecule has 12 heteroatoms. The van der Waals surface area contributed by atoms with Crippen LogP contribution < -0.4 is 19.5 Å². The number of nitrogens with one attached hydrogen (secondary N) is 2. The van der Waals surface area contributed by atoms with Gasteiger partial charge < -0.3 is 14.8 Å². The predicted molar refractivity (Wildman–Crippen MR) is 122 cm³/mol. The molecule has 0 spiro atoms. The molecule has 0 aliphatic carbocycles. The SMILES string of the molecule is CC(C)[C@@H](NS(=O)(=O)c1ccc2c(c1)OCCO2)C(=O)Nc1nc(-c2ccc(F)c(F)c2)cs1. The molecular formula is C22H21F2N3O5S2. The summed E-state index contributed by atoms with van der Waals surface area (Å²) >= 11 is 1.07. The first-order chi connectivity index (χ1) is 16.1. The number of benzene rings is 2. The smallest absolute Gasteiger partial charge is 0.244 e. The number of hydrogen-bond donors (Lipinski definition) is 2. The molecule has 0 bridgehead atoms. The van der Waals surface area contributed by atoms with Crippen molar-refractivity contribution in [1.29, 1.82) is 0 Å². The molecule has 1 aliphatic heterocycles. The minimum Gasteiger partial charge on any atom is -0.486 e. The first-order valence-corrected chi connectivity index (χ1v) is 12.6. The highest BCUT2D eigenvalue weighted by molar-refractivity contribution is 7.89. The van der Waals surface area contributed by atoms with Crippen LogP contribution >= 0.6 is 11.3 Å². The lowest BCUT2D eigenvalue weighted by molar-refractivity contribution is -0.118. The average Bonchev–Trinajstić information content (AvgIpc) is 3.27. The van der Waals surface area contributed by atoms with E-state index in [0.717, 1.165) is 23.5 Å². The van der Waals surface area contributed by atoms with Gasteiger partial charge in [-0.2, -0.15) is 4.72 Å². The Morgan fingerprint density at radius 1 is 1.06 bits per heavy atom. The van der Waals surface area contributed by atoms with Crippen molar-refractivity contribution in [3.63, 3.8) is 0 Å². The largest absolute Gasteiger partial charge is 0.486 e. The van der Waals surface area contributed by atoms with E-state index >= 15 is 0 Å². The number of halogens is 2. The van der Waals surface area contributed by atoms with Crippen molar-refractivity contribution in [2.75, 3.05) is 18.5 Å². The van der Waals surface area contributed by atoms with Crippen LogP contribution in [0.4, 0.5) is 13.9 Å². The molecule has 8 nitrogen and oxygen atoms in total. The van der Waals surface area contributed by atoms with Crippen LogP contribution in [0.25, 0.3) is 11.3 Å². The van der Waals surface area contributed by atoms with Gasteiger partial charge in [0.15, 0.2) is 28.3 Å². The molecule has 1 aliphatic rings. The topological polar surface area (TPSA) is 107 Å². The number of hydrogen-bond acceptors (Lipinski definition) is 7. The van der Waals surface area contributed by atoms with Gasteiger partial charge in [-0.1, -0.05) is 13.8 Å². The summed E-state index contributed by atoms with van der Waals surface area (Å²) in [6, 6.07) is 6.49. The third kappa shape index (κ3) is 5.18. The van der Waals surface area contributed by atoms with Crippen LogP contribution in [0.3, 0.4) is 0 Å². The van der Waals surface area contributed by atoms with E-state index in [0.29, 0.717) is 36.0 Å². The lowest BCUT2D eigenvalue weighted by Gasteiger charge is -2.22. The maximum absolute atomic E-state index is 13.5. The van der Waals surface area contributed by atoms with E-state index in [4.69, 9.17) is 9.47 Å². The zero-order valence-electron chi connectivity index (χ0n) is 18.2. The van der Waals surface area contributed by atoms with Crippen molar-refractivity contribution in [2.24, 2.45) is 5.92 Å². The second kappa shape index (κ2) is 9.65. The number of amides is 1. The molecule has 1 aromatic heterocycles. The van der Waals surface area contributed by atoms with Crippen LogP contribution in [0.5, 0.6) is 11.5 Å². The number of fused-ring (bicyclic) bond motifs is 1. The summed E-state index contributed by atoms with van der Waals surface area (Å²) in [5.74, 6) is -2.22. The Morgan fingerprint density at radius 2 is 1.79 bits per heavy atom. The molecule has 0 saturated carbocycles. The minimum atomic E-state index is -4.06. The van der Waals surface area contributed by atoms with E-state index in [-0.39, 0.29) is 10.0 Å². The number of aromatic nitrogens is 1. The maximum Gasteiger partial charge on any atom is 0.244 e. The standard InChI is InChI=1S/C22H21F2N3O5S2/c1-12(2)20(27-34(29,30)14-4-6-18-19(10-14)32-8-7-31-18)21(28)26-22-25-17(11-33-22)13-3-5-15(23)16(24)9-13/h3-6,9-12,20,27H,7-8H2,1-2H3,(H,25,26,28)/t20-/m1/s1. The lowest BCUT2D eigenvalue weighted by atomic mass is 10.1. The summed E-state index contributed by atoms with van der Waals surface area (Å²) < 4.78 is 65.9. The van der Waals surface area contributed by atoms with Gasteiger partial charge in [0, 0.05) is 17.0 Å². The maximum atomic E-state index is 13.5. The first kappa shape index (κ1) is 24.0. The van der Waals surface area contributed by atoms with Gasteiger partial charge in [-0.05, 0) is 36.2 Å². The molecule has 3 aromatic rings. The van der Waals surface area contributed by atoms with Gasteiger partial charge in [-0.15, -0.1) is 11.3 Å². The normalized spacial score (nSPS) is 14.1. The zero-order valence-corrected chi connectivity index (χ0v) is 19.8. The van der Waals surface area contributed by atoms with Crippen LogP contribution in [0.15, 0.2) is 46.7 Å². The molecule has 2 N–H and O–H groups in total. The number of anilines is 1. The number of ether oxygens (including phenoxy) is 2. The predicted octanol–water partition coefficient (Wildman–Crippen LogP) is 3.80. The lowest BCUT2D eigenvalue weighted by Crippen LogP contribution is -2.47. The highest BCUT2D eigenvalue weighted by atomic mass is 32.2. The van der Waals surface area contributed by atoms with Crippen LogP contribution in [-0.4, -0.2) is 38.6 Å². The Bertz CT molecular complexity index is 1330. The van der Waals surface area contributed by atoms with E-state index in [1.807, 2.05) is 0 Å². The molecule has 34 heavy (non-hydrogen) atoms. The van der Waals surface area contributed by atoms with Gasteiger partial charge in [-0.25, -0.2) is 22.2 Å². The van der Waals surface area contributed by atoms with Gasteiger partial charge in [0.2, 0.25) is 15.9 Å². The number of rotatable bonds is 7. The Kier molecular flexibility index (Phi) is 6.82. The van der Waals surface area contributed by atoms with Crippen molar-refractivity contribution >= 4 is 32.4 Å². The van der Waals surface area contributed by atoms with Gasteiger partial charge in [0.1, 0.15) is 19.3 Å². The van der Waals surface area contributed by atoms with Crippen molar-refractivity contribution < 1.29 is 31.5 Å². The average molecular weight is 510 g/mol. The number of carbonyl (C=O) groups is 1. The Balaban J connectivity index is 1.50. The number of thiazole rings is 1. The number of sulfonamides is 1. The Hall–Kier alpha value is -3.09. The highest BCUT2D eigenvalue weighted by Crippen LogP contribution is 2.32. The fourth-order valence-corrected chi connectivity index (χ4v) is 5.30. The fraction of sp³-hybridized carbons (Fsp3) is 0.273. The second-order valence-electron chi connectivity index (χ2n) is 7.80. The molecule has 1 amide bonds. The molecule has 2 aromatic carbocycles. The zero-order chi connectivity index (χ0) is 24.5. The Labute approximate surface area is 199 Å². The van der Waals surface area contributed by atoms with E-state index in [1.165, 1.54) is 24.3 Å².